The van der Waals surface area contributed by atoms with E-state index in [4.69, 9.17) is 14.7 Å². The normalized spacial score (nSPS) is 18.7. The fourth-order valence-corrected chi connectivity index (χ4v) is 4.34. The van der Waals surface area contributed by atoms with E-state index in [1.807, 2.05) is 31.3 Å². The van der Waals surface area contributed by atoms with Crippen molar-refractivity contribution in [3.8, 4) is 23.3 Å². The topological polar surface area (TPSA) is 127 Å². The third-order valence-corrected chi connectivity index (χ3v) is 6.77. The predicted octanol–water partition coefficient (Wildman–Crippen LogP) is 3.85. The SMILES string of the molecule is C[C@]1(C#N)CCOc2ncc(C(=O)NCc3cc4nc(-c5cncc(C6CC6)n5)ccc4cn3)cc21. The Kier molecular flexibility index (Phi) is 5.29. The smallest absolute Gasteiger partial charge is 0.253 e. The third-order valence-electron chi connectivity index (χ3n) is 6.77. The van der Waals surface area contributed by atoms with Crippen molar-refractivity contribution >= 4 is 16.8 Å². The Morgan fingerprint density at radius 3 is 2.86 bits per heavy atom. The van der Waals surface area contributed by atoms with Gasteiger partial charge in [-0.05, 0) is 44.0 Å². The van der Waals surface area contributed by atoms with Crippen molar-refractivity contribution in [2.75, 3.05) is 6.61 Å². The highest BCUT2D eigenvalue weighted by Gasteiger charge is 2.35. The van der Waals surface area contributed by atoms with Crippen molar-refractivity contribution in [2.24, 2.45) is 0 Å². The number of rotatable bonds is 5. The van der Waals surface area contributed by atoms with Gasteiger partial charge in [-0.2, -0.15) is 5.26 Å². The summed E-state index contributed by atoms with van der Waals surface area (Å²) in [5.74, 6) is 0.628. The number of nitrogens with one attached hydrogen (secondary N) is 1. The fraction of sp³-hybridized carbons (Fsp3) is 0.296. The molecule has 1 aliphatic carbocycles. The number of nitriles is 1. The van der Waals surface area contributed by atoms with Crippen LogP contribution in [0.15, 0.2) is 49.1 Å². The molecule has 4 aromatic rings. The molecule has 0 radical (unpaired) electrons. The molecule has 36 heavy (non-hydrogen) atoms. The Balaban J connectivity index is 1.21. The number of carbonyl (C=O) groups excluding carboxylic acids is 1. The lowest BCUT2D eigenvalue weighted by atomic mass is 9.80. The Labute approximate surface area is 207 Å². The highest BCUT2D eigenvalue weighted by atomic mass is 16.5. The van der Waals surface area contributed by atoms with E-state index in [9.17, 15) is 10.1 Å². The third kappa shape index (κ3) is 4.11. The lowest BCUT2D eigenvalue weighted by Gasteiger charge is -2.29. The first kappa shape index (κ1) is 22.0. The molecule has 1 aliphatic heterocycles. The van der Waals surface area contributed by atoms with Crippen LogP contribution < -0.4 is 10.1 Å². The van der Waals surface area contributed by atoms with Crippen molar-refractivity contribution in [1.82, 2.24) is 30.2 Å². The van der Waals surface area contributed by atoms with Gasteiger partial charge in [0, 0.05) is 41.9 Å². The first-order chi connectivity index (χ1) is 17.5. The molecule has 1 atom stereocenters. The minimum Gasteiger partial charge on any atom is -0.477 e. The molecule has 4 aromatic heterocycles. The fourth-order valence-electron chi connectivity index (χ4n) is 4.34. The molecular weight excluding hydrogens is 454 g/mol. The number of nitrogens with zero attached hydrogens (tertiary/aromatic N) is 6. The summed E-state index contributed by atoms with van der Waals surface area (Å²) in [5.41, 5.74) is 4.24. The Hall–Kier alpha value is -4.45. The van der Waals surface area contributed by atoms with Crippen LogP contribution in [0.1, 0.15) is 59.4 Å². The molecule has 1 N–H and O–H groups in total. The van der Waals surface area contributed by atoms with Crippen LogP contribution in [0.3, 0.4) is 0 Å². The van der Waals surface area contributed by atoms with Crippen LogP contribution in [-0.4, -0.2) is 37.4 Å². The van der Waals surface area contributed by atoms with Gasteiger partial charge in [0.05, 0.1) is 59.0 Å². The zero-order chi connectivity index (χ0) is 24.7. The van der Waals surface area contributed by atoms with Gasteiger partial charge in [-0.25, -0.2) is 15.0 Å². The Morgan fingerprint density at radius 1 is 1.14 bits per heavy atom. The van der Waals surface area contributed by atoms with Crippen LogP contribution in [0, 0.1) is 11.3 Å². The molecule has 2 aliphatic rings. The molecular formula is C27H23N7O2. The lowest BCUT2D eigenvalue weighted by molar-refractivity contribution is 0.0949. The number of fused-ring (bicyclic) bond motifs is 2. The number of ether oxygens (including phenoxy) is 1. The molecule has 1 saturated carbocycles. The van der Waals surface area contributed by atoms with Gasteiger partial charge in [0.1, 0.15) is 5.69 Å². The second-order valence-corrected chi connectivity index (χ2v) is 9.47. The first-order valence-corrected chi connectivity index (χ1v) is 11.9. The molecule has 9 nitrogen and oxygen atoms in total. The van der Waals surface area contributed by atoms with E-state index in [0.29, 0.717) is 41.6 Å². The van der Waals surface area contributed by atoms with E-state index in [1.165, 1.54) is 6.20 Å². The lowest BCUT2D eigenvalue weighted by Crippen LogP contribution is -2.30. The van der Waals surface area contributed by atoms with Gasteiger partial charge in [0.25, 0.3) is 5.91 Å². The zero-order valence-electron chi connectivity index (χ0n) is 19.7. The summed E-state index contributed by atoms with van der Waals surface area (Å²) in [6.45, 7) is 2.49. The average molecular weight is 478 g/mol. The van der Waals surface area contributed by atoms with Gasteiger partial charge in [0.15, 0.2) is 0 Å². The van der Waals surface area contributed by atoms with E-state index in [-0.39, 0.29) is 12.5 Å². The minimum atomic E-state index is -0.733. The van der Waals surface area contributed by atoms with E-state index in [0.717, 1.165) is 40.8 Å². The standard InChI is InChI=1S/C27H23N7O2/c1-27(15-28)6-7-36-26-20(27)8-18(11-32-26)25(35)31-12-19-9-22-17(10-30-19)4-5-21(33-22)24-14-29-13-23(34-24)16-2-3-16/h4-5,8-11,13-14,16H,2-3,6-7,12H2,1H3,(H,31,35)/t27-/m1/s1. The maximum atomic E-state index is 12.9. The summed E-state index contributed by atoms with van der Waals surface area (Å²) < 4.78 is 5.57. The number of aromatic nitrogens is 5. The molecule has 1 fully saturated rings. The predicted molar refractivity (Wildman–Crippen MR) is 131 cm³/mol. The Bertz CT molecular complexity index is 1540. The summed E-state index contributed by atoms with van der Waals surface area (Å²) in [5, 5.41) is 13.4. The Morgan fingerprint density at radius 2 is 2.03 bits per heavy atom. The minimum absolute atomic E-state index is 0.223. The number of pyridine rings is 3. The molecule has 6 rings (SSSR count). The molecule has 5 heterocycles. The molecule has 9 heteroatoms. The van der Waals surface area contributed by atoms with Crippen LogP contribution >= 0.6 is 0 Å². The van der Waals surface area contributed by atoms with Gasteiger partial charge in [-0.3, -0.25) is 14.8 Å². The molecule has 178 valence electrons. The van der Waals surface area contributed by atoms with E-state index >= 15 is 0 Å². The van der Waals surface area contributed by atoms with Crippen molar-refractivity contribution in [3.05, 3.63) is 71.6 Å². The van der Waals surface area contributed by atoms with Gasteiger partial charge < -0.3 is 10.1 Å². The summed E-state index contributed by atoms with van der Waals surface area (Å²) in [6.07, 6.45) is 9.66. The van der Waals surface area contributed by atoms with E-state index in [1.54, 1.807) is 18.5 Å². The van der Waals surface area contributed by atoms with Gasteiger partial charge in [0.2, 0.25) is 5.88 Å². The monoisotopic (exact) mass is 477 g/mol. The van der Waals surface area contributed by atoms with Crippen LogP contribution in [-0.2, 0) is 12.0 Å². The highest BCUT2D eigenvalue weighted by molar-refractivity contribution is 5.94. The van der Waals surface area contributed by atoms with Crippen LogP contribution in [0.2, 0.25) is 0 Å². The van der Waals surface area contributed by atoms with E-state index in [2.05, 4.69) is 26.3 Å². The van der Waals surface area contributed by atoms with Crippen molar-refractivity contribution in [1.29, 1.82) is 5.26 Å². The molecule has 0 bridgehead atoms. The summed E-state index contributed by atoms with van der Waals surface area (Å²) in [4.78, 5) is 35.5. The van der Waals surface area contributed by atoms with Crippen LogP contribution in [0.5, 0.6) is 5.88 Å². The second-order valence-electron chi connectivity index (χ2n) is 9.47. The second kappa shape index (κ2) is 8.64. The first-order valence-electron chi connectivity index (χ1n) is 11.9. The number of hydrogen-bond donors (Lipinski definition) is 1. The van der Waals surface area contributed by atoms with E-state index < -0.39 is 5.41 Å². The molecule has 0 unspecified atom stereocenters. The zero-order valence-corrected chi connectivity index (χ0v) is 19.7. The largest absolute Gasteiger partial charge is 0.477 e. The number of amides is 1. The summed E-state index contributed by atoms with van der Waals surface area (Å²) in [6, 6.07) is 9.77. The summed E-state index contributed by atoms with van der Waals surface area (Å²) >= 11 is 0. The number of carbonyl (C=O) groups is 1. The van der Waals surface area contributed by atoms with Crippen molar-refractivity contribution in [3.63, 3.8) is 0 Å². The molecule has 0 spiro atoms. The van der Waals surface area contributed by atoms with Gasteiger partial charge >= 0.3 is 0 Å². The van der Waals surface area contributed by atoms with Crippen molar-refractivity contribution < 1.29 is 9.53 Å². The maximum Gasteiger partial charge on any atom is 0.253 e. The summed E-state index contributed by atoms with van der Waals surface area (Å²) in [7, 11) is 0. The number of hydrogen-bond acceptors (Lipinski definition) is 8. The van der Waals surface area contributed by atoms with Crippen molar-refractivity contribution in [2.45, 2.75) is 44.1 Å². The molecule has 0 aromatic carbocycles. The van der Waals surface area contributed by atoms with Crippen LogP contribution in [0.25, 0.3) is 22.3 Å². The van der Waals surface area contributed by atoms with Gasteiger partial charge in [-0.15, -0.1) is 0 Å². The molecule has 0 saturated heterocycles. The van der Waals surface area contributed by atoms with Gasteiger partial charge in [-0.1, -0.05) is 0 Å². The maximum absolute atomic E-state index is 12.9. The van der Waals surface area contributed by atoms with Crippen LogP contribution in [0.4, 0.5) is 0 Å². The quantitative estimate of drug-likeness (QED) is 0.459. The average Bonchev–Trinajstić information content (AvgIpc) is 3.77. The highest BCUT2D eigenvalue weighted by Crippen LogP contribution is 2.39. The molecule has 1 amide bonds.